The van der Waals surface area contributed by atoms with Gasteiger partial charge in [0.15, 0.2) is 0 Å². The molecule has 3 nitrogen and oxygen atoms in total. The molecule has 0 atom stereocenters. The van der Waals surface area contributed by atoms with E-state index < -0.39 is 0 Å². The van der Waals surface area contributed by atoms with Crippen LogP contribution in [0.3, 0.4) is 0 Å². The number of aromatic nitrogens is 1. The number of allylic oxidation sites excluding steroid dienone is 2. The molecule has 0 fully saturated rings. The van der Waals surface area contributed by atoms with Crippen molar-refractivity contribution < 1.29 is 8.83 Å². The zero-order valence-electron chi connectivity index (χ0n) is 20.4. The van der Waals surface area contributed by atoms with Gasteiger partial charge >= 0.3 is 0 Å². The third kappa shape index (κ3) is 3.01. The van der Waals surface area contributed by atoms with Crippen LogP contribution in [-0.4, -0.2) is 4.57 Å². The number of para-hydroxylation sites is 1. The van der Waals surface area contributed by atoms with Crippen molar-refractivity contribution in [1.29, 1.82) is 0 Å². The molecule has 3 aromatic heterocycles. The third-order valence-electron chi connectivity index (χ3n) is 7.74. The van der Waals surface area contributed by atoms with E-state index in [4.69, 9.17) is 8.83 Å². The van der Waals surface area contributed by atoms with Gasteiger partial charge in [-0.05, 0) is 24.0 Å². The van der Waals surface area contributed by atoms with Gasteiger partial charge in [0, 0.05) is 35.1 Å². The van der Waals surface area contributed by atoms with E-state index in [-0.39, 0.29) is 0 Å². The van der Waals surface area contributed by atoms with Crippen molar-refractivity contribution in [2.45, 2.75) is 25.7 Å². The fourth-order valence-corrected chi connectivity index (χ4v) is 6.09. The van der Waals surface area contributed by atoms with E-state index in [1.165, 1.54) is 21.9 Å². The molecule has 3 heteroatoms. The smallest absolute Gasteiger partial charge is 0.215 e. The van der Waals surface area contributed by atoms with Crippen LogP contribution in [0.1, 0.15) is 35.5 Å². The van der Waals surface area contributed by atoms with Gasteiger partial charge in [0.1, 0.15) is 11.5 Å². The molecule has 0 saturated heterocycles. The van der Waals surface area contributed by atoms with Crippen LogP contribution in [0, 0.1) is 0 Å². The van der Waals surface area contributed by atoms with Gasteiger partial charge in [0.25, 0.3) is 0 Å². The van der Waals surface area contributed by atoms with E-state index in [0.29, 0.717) is 0 Å². The molecule has 3 aromatic carbocycles. The van der Waals surface area contributed by atoms with Gasteiger partial charge in [-0.1, -0.05) is 103 Å². The average molecular weight is 480 g/mol. The molecule has 0 radical (unpaired) electrons. The fourth-order valence-electron chi connectivity index (χ4n) is 6.09. The van der Waals surface area contributed by atoms with Crippen molar-refractivity contribution in [3.8, 4) is 27.9 Å². The monoisotopic (exact) mass is 479 g/mol. The lowest BCUT2D eigenvalue weighted by molar-refractivity contribution is 0.511. The minimum Gasteiger partial charge on any atom is -0.443 e. The van der Waals surface area contributed by atoms with E-state index in [9.17, 15) is 0 Å². The van der Waals surface area contributed by atoms with Crippen molar-refractivity contribution in [2.75, 3.05) is 0 Å². The van der Waals surface area contributed by atoms with E-state index in [0.717, 1.165) is 76.6 Å². The Morgan fingerprint density at radius 3 is 1.51 bits per heavy atom. The van der Waals surface area contributed by atoms with Crippen molar-refractivity contribution in [2.24, 2.45) is 0 Å². The van der Waals surface area contributed by atoms with Crippen molar-refractivity contribution >= 4 is 34.4 Å². The molecule has 6 aromatic rings. The number of nitrogens with zero attached hydrogens (tertiary/aromatic N) is 1. The number of hydrogen-bond donors (Lipinski definition) is 0. The van der Waals surface area contributed by atoms with Gasteiger partial charge in [-0.25, -0.2) is 4.57 Å². The molecule has 0 bridgehead atoms. The molecule has 178 valence electrons. The zero-order valence-corrected chi connectivity index (χ0v) is 20.4. The highest BCUT2D eigenvalue weighted by Crippen LogP contribution is 2.47. The first-order valence-electron chi connectivity index (χ1n) is 13.1. The summed E-state index contributed by atoms with van der Waals surface area (Å²) in [5, 5.41) is 2.33. The number of aryl methyl sites for hydroxylation is 2. The second-order valence-electron chi connectivity index (χ2n) is 9.89. The maximum absolute atomic E-state index is 6.72. The molecule has 8 rings (SSSR count). The lowest BCUT2D eigenvalue weighted by atomic mass is 9.96. The predicted molar refractivity (Wildman–Crippen MR) is 151 cm³/mol. The van der Waals surface area contributed by atoms with E-state index in [2.05, 4.69) is 108 Å². The van der Waals surface area contributed by atoms with Crippen LogP contribution in [0.4, 0.5) is 0 Å². The summed E-state index contributed by atoms with van der Waals surface area (Å²) in [6.45, 7) is 0. The second kappa shape index (κ2) is 8.01. The third-order valence-corrected chi connectivity index (χ3v) is 7.74. The summed E-state index contributed by atoms with van der Waals surface area (Å²) in [6.07, 6.45) is 12.8. The maximum Gasteiger partial charge on any atom is 0.215 e. The standard InChI is InChI=1S/C34H25NO2/c1-3-12-22(13-4-1)24-18-11-19-25(23-14-5-2-6-15-23)32(24)35-33-30(26-16-7-9-20-28(26)36-33)31-27-17-8-10-21-29(27)37-34(31)35/h1-8,11-19H,9-10,20-21H2. The summed E-state index contributed by atoms with van der Waals surface area (Å²) in [7, 11) is 0. The molecule has 0 saturated carbocycles. The second-order valence-corrected chi connectivity index (χ2v) is 9.89. The molecule has 37 heavy (non-hydrogen) atoms. The van der Waals surface area contributed by atoms with E-state index in [1.807, 2.05) is 0 Å². The Morgan fingerprint density at radius 2 is 1.03 bits per heavy atom. The number of hydrogen-bond acceptors (Lipinski definition) is 2. The Kier molecular flexibility index (Phi) is 4.47. The number of furan rings is 2. The lowest BCUT2D eigenvalue weighted by Crippen LogP contribution is -2.00. The van der Waals surface area contributed by atoms with Crippen LogP contribution in [-0.2, 0) is 12.8 Å². The largest absolute Gasteiger partial charge is 0.443 e. The first-order valence-corrected chi connectivity index (χ1v) is 13.1. The Balaban J connectivity index is 1.57. The Bertz CT molecular complexity index is 1730. The molecule has 0 spiro atoms. The summed E-state index contributed by atoms with van der Waals surface area (Å²) in [6, 6.07) is 27.8. The van der Waals surface area contributed by atoms with Crippen LogP contribution in [0.15, 0.2) is 99.8 Å². The normalized spacial score (nSPS) is 14.4. The number of fused-ring (bicyclic) bond motifs is 7. The predicted octanol–water partition coefficient (Wildman–Crippen LogP) is 9.22. The Morgan fingerprint density at radius 1 is 0.541 bits per heavy atom. The molecular weight excluding hydrogens is 454 g/mol. The van der Waals surface area contributed by atoms with Gasteiger partial charge in [-0.15, -0.1) is 0 Å². The molecule has 0 N–H and O–H groups in total. The summed E-state index contributed by atoms with van der Waals surface area (Å²) >= 11 is 0. The Hall–Kier alpha value is -4.50. The molecule has 2 aliphatic rings. The minimum absolute atomic E-state index is 0.868. The lowest BCUT2D eigenvalue weighted by Gasteiger charge is -2.17. The molecule has 0 unspecified atom stereocenters. The highest BCUT2D eigenvalue weighted by atomic mass is 16.4. The molecule has 0 aliphatic heterocycles. The zero-order chi connectivity index (χ0) is 24.3. The SMILES string of the molecule is C1=Cc2c(oc3c2c2c4c(oc2n3-c2c(-c3ccccc3)cccc2-c2ccccc2)CCC=C4)CC1. The first-order chi connectivity index (χ1) is 18.4. The van der Waals surface area contributed by atoms with E-state index in [1.54, 1.807) is 0 Å². The van der Waals surface area contributed by atoms with Crippen LogP contribution < -0.4 is 0 Å². The molecule has 0 amide bonds. The maximum atomic E-state index is 6.72. The van der Waals surface area contributed by atoms with Gasteiger partial charge in [-0.2, -0.15) is 0 Å². The summed E-state index contributed by atoms with van der Waals surface area (Å²) < 4.78 is 15.7. The van der Waals surface area contributed by atoms with Crippen LogP contribution in [0.25, 0.3) is 62.3 Å². The van der Waals surface area contributed by atoms with Gasteiger partial charge in [0.2, 0.25) is 11.4 Å². The summed E-state index contributed by atoms with van der Waals surface area (Å²) in [5.41, 5.74) is 9.85. The number of benzene rings is 3. The van der Waals surface area contributed by atoms with Gasteiger partial charge in [-0.3, -0.25) is 0 Å². The summed E-state index contributed by atoms with van der Waals surface area (Å²) in [5.74, 6) is 2.13. The summed E-state index contributed by atoms with van der Waals surface area (Å²) in [4.78, 5) is 0. The highest BCUT2D eigenvalue weighted by molar-refractivity contribution is 6.15. The van der Waals surface area contributed by atoms with Crippen molar-refractivity contribution in [3.63, 3.8) is 0 Å². The number of rotatable bonds is 3. The minimum atomic E-state index is 0.868. The molecule has 2 aliphatic carbocycles. The van der Waals surface area contributed by atoms with Crippen LogP contribution in [0.2, 0.25) is 0 Å². The van der Waals surface area contributed by atoms with Gasteiger partial charge in [0.05, 0.1) is 16.5 Å². The van der Waals surface area contributed by atoms with Crippen LogP contribution >= 0.6 is 0 Å². The Labute approximate surface area is 215 Å². The quantitative estimate of drug-likeness (QED) is 0.253. The van der Waals surface area contributed by atoms with Gasteiger partial charge < -0.3 is 8.83 Å². The topological polar surface area (TPSA) is 31.2 Å². The average Bonchev–Trinajstić information content (AvgIpc) is 3.61. The highest BCUT2D eigenvalue weighted by Gasteiger charge is 2.31. The van der Waals surface area contributed by atoms with Crippen molar-refractivity contribution in [3.05, 3.63) is 114 Å². The first kappa shape index (κ1) is 20.7. The van der Waals surface area contributed by atoms with E-state index >= 15 is 0 Å². The molecular formula is C34H25NO2. The van der Waals surface area contributed by atoms with Crippen LogP contribution in [0.5, 0.6) is 0 Å². The fraction of sp³-hybridized carbons (Fsp3) is 0.118. The molecule has 3 heterocycles. The van der Waals surface area contributed by atoms with Crippen molar-refractivity contribution in [1.82, 2.24) is 4.57 Å².